The van der Waals surface area contributed by atoms with Gasteiger partial charge in [0.25, 0.3) is 10.0 Å². The summed E-state index contributed by atoms with van der Waals surface area (Å²) in [6.45, 7) is 2.53. The van der Waals surface area contributed by atoms with Crippen molar-refractivity contribution in [2.24, 2.45) is 5.92 Å². The van der Waals surface area contributed by atoms with Crippen LogP contribution in [0.2, 0.25) is 5.15 Å². The highest BCUT2D eigenvalue weighted by atomic mass is 35.5. The molecule has 1 aliphatic rings. The van der Waals surface area contributed by atoms with Crippen molar-refractivity contribution in [2.45, 2.75) is 18.2 Å². The van der Waals surface area contributed by atoms with Gasteiger partial charge >= 0.3 is 0 Å². The van der Waals surface area contributed by atoms with E-state index in [9.17, 15) is 8.42 Å². The summed E-state index contributed by atoms with van der Waals surface area (Å²) in [5, 5.41) is 0.279. The second-order valence-electron chi connectivity index (χ2n) is 5.29. The zero-order chi connectivity index (χ0) is 15.0. The van der Waals surface area contributed by atoms with Crippen molar-refractivity contribution in [1.29, 1.82) is 0 Å². The lowest BCUT2D eigenvalue weighted by molar-refractivity contribution is 0.544. The summed E-state index contributed by atoms with van der Waals surface area (Å²) in [4.78, 5) is 4.04. The molecule has 2 aromatic rings. The first-order chi connectivity index (χ1) is 9.98. The van der Waals surface area contributed by atoms with E-state index in [2.05, 4.69) is 11.9 Å². The molecule has 0 amide bonds. The Labute approximate surface area is 129 Å². The smallest absolute Gasteiger partial charge is 0.265 e. The van der Waals surface area contributed by atoms with Crippen molar-refractivity contribution in [3.63, 3.8) is 0 Å². The summed E-state index contributed by atoms with van der Waals surface area (Å²) in [5.41, 5.74) is 1.81. The van der Waals surface area contributed by atoms with E-state index in [0.29, 0.717) is 6.54 Å². The van der Waals surface area contributed by atoms with Crippen molar-refractivity contribution in [3.05, 3.63) is 53.3 Å². The molecule has 21 heavy (non-hydrogen) atoms. The molecule has 0 aliphatic carbocycles. The van der Waals surface area contributed by atoms with Crippen molar-refractivity contribution < 1.29 is 8.42 Å². The van der Waals surface area contributed by atoms with Crippen LogP contribution in [-0.2, 0) is 16.4 Å². The molecule has 0 radical (unpaired) electrons. The molecular weight excluding hydrogens is 308 g/mol. The Kier molecular flexibility index (Phi) is 3.63. The highest BCUT2D eigenvalue weighted by molar-refractivity contribution is 7.92. The molecule has 6 heteroatoms. The molecule has 0 saturated carbocycles. The molecule has 1 atom stereocenters. The van der Waals surface area contributed by atoms with E-state index in [1.54, 1.807) is 0 Å². The van der Waals surface area contributed by atoms with Gasteiger partial charge in [-0.25, -0.2) is 13.4 Å². The van der Waals surface area contributed by atoms with E-state index in [1.165, 1.54) is 22.6 Å². The van der Waals surface area contributed by atoms with Crippen LogP contribution in [0.4, 0.5) is 5.69 Å². The first-order valence-electron chi connectivity index (χ1n) is 6.70. The van der Waals surface area contributed by atoms with Gasteiger partial charge in [0.2, 0.25) is 0 Å². The second-order valence-corrected chi connectivity index (χ2v) is 7.54. The van der Waals surface area contributed by atoms with Crippen LogP contribution in [0.25, 0.3) is 0 Å². The van der Waals surface area contributed by atoms with Gasteiger partial charge in [0.05, 0.1) is 5.69 Å². The van der Waals surface area contributed by atoms with Gasteiger partial charge in [-0.3, -0.25) is 4.31 Å². The van der Waals surface area contributed by atoms with Crippen LogP contribution in [-0.4, -0.2) is 19.9 Å². The molecule has 3 rings (SSSR count). The van der Waals surface area contributed by atoms with Crippen LogP contribution in [0.3, 0.4) is 0 Å². The Morgan fingerprint density at radius 1 is 1.24 bits per heavy atom. The molecule has 1 aromatic carbocycles. The second kappa shape index (κ2) is 5.31. The van der Waals surface area contributed by atoms with E-state index >= 15 is 0 Å². The summed E-state index contributed by atoms with van der Waals surface area (Å²) in [6, 6.07) is 10.6. The van der Waals surface area contributed by atoms with Crippen molar-refractivity contribution in [3.8, 4) is 0 Å². The van der Waals surface area contributed by atoms with Gasteiger partial charge < -0.3 is 0 Å². The number of aromatic nitrogens is 1. The average Bonchev–Trinajstić information content (AvgIpc) is 2.46. The van der Waals surface area contributed by atoms with E-state index in [0.717, 1.165) is 17.7 Å². The number of rotatable bonds is 2. The fourth-order valence-electron chi connectivity index (χ4n) is 2.62. The minimum atomic E-state index is -3.61. The summed E-state index contributed by atoms with van der Waals surface area (Å²) < 4.78 is 27.2. The molecule has 0 bridgehead atoms. The van der Waals surface area contributed by atoms with Gasteiger partial charge in [0.15, 0.2) is 0 Å². The largest absolute Gasteiger partial charge is 0.266 e. The van der Waals surface area contributed by atoms with Gasteiger partial charge in [-0.05, 0) is 36.1 Å². The third kappa shape index (κ3) is 2.63. The van der Waals surface area contributed by atoms with E-state index in [4.69, 9.17) is 11.6 Å². The molecule has 110 valence electrons. The van der Waals surface area contributed by atoms with Crippen LogP contribution in [0.15, 0.2) is 47.5 Å². The van der Waals surface area contributed by atoms with Gasteiger partial charge in [-0.15, -0.1) is 0 Å². The minimum absolute atomic E-state index is 0.163. The average molecular weight is 323 g/mol. The molecule has 2 heterocycles. The number of pyridine rings is 1. The number of hydrogen-bond acceptors (Lipinski definition) is 3. The highest BCUT2D eigenvalue weighted by Gasteiger charge is 2.31. The zero-order valence-corrected chi connectivity index (χ0v) is 13.1. The topological polar surface area (TPSA) is 50.3 Å². The Bertz CT molecular complexity index is 759. The monoisotopic (exact) mass is 322 g/mol. The third-order valence-electron chi connectivity index (χ3n) is 3.59. The summed E-state index contributed by atoms with van der Waals surface area (Å²) in [7, 11) is -3.61. The number of sulfonamides is 1. The normalized spacial score (nSPS) is 18.4. The van der Waals surface area contributed by atoms with Crippen molar-refractivity contribution >= 4 is 27.3 Å². The van der Waals surface area contributed by atoms with E-state index in [1.807, 2.05) is 24.3 Å². The molecule has 0 fully saturated rings. The van der Waals surface area contributed by atoms with Crippen LogP contribution >= 0.6 is 11.6 Å². The van der Waals surface area contributed by atoms with E-state index in [-0.39, 0.29) is 16.0 Å². The number of hydrogen-bond donors (Lipinski definition) is 0. The molecule has 1 aliphatic heterocycles. The Balaban J connectivity index is 2.09. The lowest BCUT2D eigenvalue weighted by atomic mass is 9.96. The molecule has 0 unspecified atom stereocenters. The maximum Gasteiger partial charge on any atom is 0.265 e. The predicted octanol–water partition coefficient (Wildman–Crippen LogP) is 3.12. The zero-order valence-electron chi connectivity index (χ0n) is 11.5. The van der Waals surface area contributed by atoms with Crippen molar-refractivity contribution in [2.75, 3.05) is 10.8 Å². The summed E-state index contributed by atoms with van der Waals surface area (Å²) in [5.74, 6) is 0.273. The minimum Gasteiger partial charge on any atom is -0.266 e. The summed E-state index contributed by atoms with van der Waals surface area (Å²) in [6.07, 6.45) is 2.20. The molecule has 0 spiro atoms. The predicted molar refractivity (Wildman–Crippen MR) is 83.1 cm³/mol. The van der Waals surface area contributed by atoms with Crippen LogP contribution < -0.4 is 4.31 Å². The first-order valence-corrected chi connectivity index (χ1v) is 8.52. The third-order valence-corrected chi connectivity index (χ3v) is 5.58. The van der Waals surface area contributed by atoms with Crippen LogP contribution in [0.5, 0.6) is 0 Å². The van der Waals surface area contributed by atoms with E-state index < -0.39 is 10.0 Å². The Morgan fingerprint density at radius 3 is 2.71 bits per heavy atom. The SMILES string of the molecule is C[C@@H]1Cc2ccccc2N(S(=O)(=O)c2ccc(Cl)nc2)C1. The maximum absolute atomic E-state index is 12.8. The van der Waals surface area contributed by atoms with Crippen LogP contribution in [0.1, 0.15) is 12.5 Å². The number of para-hydroxylation sites is 1. The van der Waals surface area contributed by atoms with Gasteiger partial charge in [0.1, 0.15) is 10.0 Å². The summed E-state index contributed by atoms with van der Waals surface area (Å²) >= 11 is 5.73. The molecule has 1 aromatic heterocycles. The van der Waals surface area contributed by atoms with Crippen LogP contribution in [0, 0.1) is 5.92 Å². The quantitative estimate of drug-likeness (QED) is 0.798. The maximum atomic E-state index is 12.8. The fraction of sp³-hybridized carbons (Fsp3) is 0.267. The van der Waals surface area contributed by atoms with Crippen molar-refractivity contribution in [1.82, 2.24) is 4.98 Å². The highest BCUT2D eigenvalue weighted by Crippen LogP contribution is 2.33. The number of fused-ring (bicyclic) bond motifs is 1. The number of nitrogens with zero attached hydrogens (tertiary/aromatic N) is 2. The number of anilines is 1. The Hall–Kier alpha value is -1.59. The fourth-order valence-corrected chi connectivity index (χ4v) is 4.30. The lowest BCUT2D eigenvalue weighted by Gasteiger charge is -2.33. The number of halogens is 1. The lowest BCUT2D eigenvalue weighted by Crippen LogP contribution is -2.39. The standard InChI is InChI=1S/C15H15ClN2O2S/c1-11-8-12-4-2-3-5-14(12)18(10-11)21(19,20)13-6-7-15(16)17-9-13/h2-7,9,11H,8,10H2,1H3/t11-/m1/s1. The molecular formula is C15H15ClN2O2S. The Morgan fingerprint density at radius 2 is 2.00 bits per heavy atom. The van der Waals surface area contributed by atoms with Gasteiger partial charge in [-0.2, -0.15) is 0 Å². The molecule has 4 nitrogen and oxygen atoms in total. The number of benzene rings is 1. The first kappa shape index (κ1) is 14.4. The molecule has 0 saturated heterocycles. The van der Waals surface area contributed by atoms with Gasteiger partial charge in [-0.1, -0.05) is 36.7 Å². The van der Waals surface area contributed by atoms with Gasteiger partial charge in [0, 0.05) is 12.7 Å². The molecule has 0 N–H and O–H groups in total.